The number of aliphatic hydroxyl groups excluding tert-OH is 1. The number of ether oxygens (including phenoxy) is 2. The molecule has 1 aliphatic heterocycles. The van der Waals surface area contributed by atoms with Crippen LogP contribution < -0.4 is 30.7 Å². The van der Waals surface area contributed by atoms with Gasteiger partial charge in [0.15, 0.2) is 0 Å². The molecule has 1 amide bonds. The van der Waals surface area contributed by atoms with E-state index in [-0.39, 0.29) is 42.3 Å². The Balaban J connectivity index is 1.27. The van der Waals surface area contributed by atoms with Crippen molar-refractivity contribution in [3.63, 3.8) is 0 Å². The predicted octanol–water partition coefficient (Wildman–Crippen LogP) is 6.22. The van der Waals surface area contributed by atoms with Crippen LogP contribution in [-0.4, -0.2) is 65.4 Å². The summed E-state index contributed by atoms with van der Waals surface area (Å²) in [4.78, 5) is 25.2. The lowest BCUT2D eigenvalue weighted by Gasteiger charge is -2.30. The molecule has 1 aliphatic carbocycles. The van der Waals surface area contributed by atoms with E-state index in [1.54, 1.807) is 26.3 Å². The number of aromatic nitrogens is 3. The van der Waals surface area contributed by atoms with Crippen molar-refractivity contribution >= 4 is 23.3 Å². The average Bonchev–Trinajstić information content (AvgIpc) is 3.56. The Kier molecular flexibility index (Phi) is 12.0. The first kappa shape index (κ1) is 38.2. The molecule has 11 nitrogen and oxygen atoms in total. The van der Waals surface area contributed by atoms with Crippen LogP contribution >= 0.6 is 11.6 Å². The molecule has 3 aromatic heterocycles. The summed E-state index contributed by atoms with van der Waals surface area (Å²) in [6, 6.07) is 11.9. The number of nitrogens with one attached hydrogen (secondary N) is 4. The molecule has 53 heavy (non-hydrogen) atoms. The van der Waals surface area contributed by atoms with E-state index in [0.29, 0.717) is 66.6 Å². The number of methoxy groups -OCH3 is 2. The van der Waals surface area contributed by atoms with Crippen molar-refractivity contribution in [3.8, 4) is 34.3 Å². The van der Waals surface area contributed by atoms with Gasteiger partial charge >= 0.3 is 6.18 Å². The molecule has 1 fully saturated rings. The number of nitrogens with zero attached hydrogens (tertiary/aromatic N) is 3. The van der Waals surface area contributed by atoms with E-state index in [4.69, 9.17) is 26.1 Å². The highest BCUT2D eigenvalue weighted by molar-refractivity contribution is 6.35. The number of anilines is 1. The van der Waals surface area contributed by atoms with Crippen molar-refractivity contribution in [1.82, 2.24) is 30.9 Å². The van der Waals surface area contributed by atoms with Gasteiger partial charge in [0.05, 0.1) is 48.3 Å². The zero-order chi connectivity index (χ0) is 37.7. The molecule has 15 heteroatoms. The van der Waals surface area contributed by atoms with E-state index in [2.05, 4.69) is 31.2 Å². The van der Waals surface area contributed by atoms with Crippen LogP contribution in [0.3, 0.4) is 0 Å². The van der Waals surface area contributed by atoms with E-state index < -0.39 is 23.9 Å². The molecule has 5 N–H and O–H groups in total. The molecule has 0 spiro atoms. The zero-order valence-electron chi connectivity index (χ0n) is 29.7. The minimum absolute atomic E-state index is 0.0406. The summed E-state index contributed by atoms with van der Waals surface area (Å²) in [5.74, 6) is 0.252. The fourth-order valence-corrected chi connectivity index (χ4v) is 7.25. The Hall–Kier alpha value is -4.50. The summed E-state index contributed by atoms with van der Waals surface area (Å²) in [5.41, 5.74) is 4.52. The second-order valence-corrected chi connectivity index (χ2v) is 13.7. The summed E-state index contributed by atoms with van der Waals surface area (Å²) >= 11 is 7.09. The number of rotatable bonds is 14. The lowest BCUT2D eigenvalue weighted by atomic mass is 9.83. The van der Waals surface area contributed by atoms with Gasteiger partial charge in [-0.1, -0.05) is 35.9 Å². The number of amides is 1. The van der Waals surface area contributed by atoms with Crippen LogP contribution in [0.25, 0.3) is 22.5 Å². The molecule has 1 saturated heterocycles. The molecule has 282 valence electrons. The molecular formula is C38H43ClF3N7O4. The third kappa shape index (κ3) is 8.84. The third-order valence-electron chi connectivity index (χ3n) is 9.48. The Labute approximate surface area is 311 Å². The first-order valence-electron chi connectivity index (χ1n) is 17.6. The molecule has 4 aromatic rings. The van der Waals surface area contributed by atoms with Crippen LogP contribution in [0.5, 0.6) is 11.8 Å². The van der Waals surface area contributed by atoms with E-state index in [1.165, 1.54) is 7.11 Å². The zero-order valence-corrected chi connectivity index (χ0v) is 30.5. The van der Waals surface area contributed by atoms with Crippen molar-refractivity contribution in [2.45, 2.75) is 76.5 Å². The Morgan fingerprint density at radius 3 is 2.49 bits per heavy atom. The number of hydrogen-bond acceptors (Lipinski definition) is 10. The Morgan fingerprint density at radius 2 is 1.77 bits per heavy atom. The number of hydrogen-bond donors (Lipinski definition) is 5. The number of carbonyl (C=O) groups is 1. The fourth-order valence-electron chi connectivity index (χ4n) is 6.94. The van der Waals surface area contributed by atoms with Crippen molar-refractivity contribution in [3.05, 3.63) is 81.5 Å². The first-order chi connectivity index (χ1) is 25.5. The molecule has 1 aromatic carbocycles. The van der Waals surface area contributed by atoms with Gasteiger partial charge in [0.2, 0.25) is 17.7 Å². The van der Waals surface area contributed by atoms with Gasteiger partial charge in [0.1, 0.15) is 5.82 Å². The summed E-state index contributed by atoms with van der Waals surface area (Å²) in [6.45, 7) is 2.96. The number of aliphatic hydroxyl groups is 1. The summed E-state index contributed by atoms with van der Waals surface area (Å²) < 4.78 is 54.3. The maximum atomic E-state index is 14.4. The number of carbonyl (C=O) groups excluding carboxylic acids is 1. The van der Waals surface area contributed by atoms with Crippen LogP contribution in [0.1, 0.15) is 66.5 Å². The Bertz CT molecular complexity index is 1940. The lowest BCUT2D eigenvalue weighted by molar-refractivity contribution is -0.137. The maximum Gasteiger partial charge on any atom is 0.419 e. The van der Waals surface area contributed by atoms with Crippen molar-refractivity contribution in [1.29, 1.82) is 0 Å². The van der Waals surface area contributed by atoms with E-state index >= 15 is 0 Å². The van der Waals surface area contributed by atoms with Gasteiger partial charge in [-0.25, -0.2) is 4.98 Å². The highest BCUT2D eigenvalue weighted by Crippen LogP contribution is 2.43. The molecule has 3 atom stereocenters. The van der Waals surface area contributed by atoms with Crippen molar-refractivity contribution < 1.29 is 32.5 Å². The number of fused-ring (bicyclic) bond motifs is 1. The summed E-state index contributed by atoms with van der Waals surface area (Å²) in [5, 5.41) is 22.3. The monoisotopic (exact) mass is 753 g/mol. The minimum Gasteiger partial charge on any atom is -0.481 e. The third-order valence-corrected chi connectivity index (χ3v) is 9.86. The van der Waals surface area contributed by atoms with E-state index in [0.717, 1.165) is 34.7 Å². The van der Waals surface area contributed by atoms with Gasteiger partial charge < -0.3 is 35.8 Å². The van der Waals surface area contributed by atoms with Crippen molar-refractivity contribution in [2.24, 2.45) is 0 Å². The second kappa shape index (κ2) is 16.7. The van der Waals surface area contributed by atoms with E-state index in [1.807, 2.05) is 30.3 Å². The lowest BCUT2D eigenvalue weighted by Crippen LogP contribution is -2.35. The highest BCUT2D eigenvalue weighted by atomic mass is 35.5. The smallest absolute Gasteiger partial charge is 0.419 e. The van der Waals surface area contributed by atoms with Gasteiger partial charge in [-0.3, -0.25) is 9.78 Å². The molecule has 2 aliphatic rings. The summed E-state index contributed by atoms with van der Waals surface area (Å²) in [7, 11) is 2.92. The average molecular weight is 754 g/mol. The molecule has 0 unspecified atom stereocenters. The number of alkyl halides is 3. The van der Waals surface area contributed by atoms with Gasteiger partial charge in [-0.05, 0) is 61.9 Å². The van der Waals surface area contributed by atoms with Crippen LogP contribution in [-0.2, 0) is 30.5 Å². The number of benzene rings is 1. The van der Waals surface area contributed by atoms with Crippen LogP contribution in [0.2, 0.25) is 5.02 Å². The second-order valence-electron chi connectivity index (χ2n) is 13.3. The number of halogens is 4. The van der Waals surface area contributed by atoms with E-state index in [9.17, 15) is 23.1 Å². The topological polar surface area (TPSA) is 143 Å². The van der Waals surface area contributed by atoms with Gasteiger partial charge in [-0.15, -0.1) is 0 Å². The fraction of sp³-hybridized carbons (Fsp3) is 0.421. The SMILES string of the molecule is COc1nc(-c2ccnc(-c3cccc4c3CCC[C@@H]4Nc3nc(OC)c(CNC[C@@H](C)O)cc3C(F)(F)F)c2Cl)ccc1CNC[C@H]1CCC(=O)N1. The molecule has 0 radical (unpaired) electrons. The molecule has 0 saturated carbocycles. The quantitative estimate of drug-likeness (QED) is 0.101. The number of pyridine rings is 3. The maximum absolute atomic E-state index is 14.4. The van der Waals surface area contributed by atoms with Gasteiger partial charge in [0.25, 0.3) is 0 Å². The predicted molar refractivity (Wildman–Crippen MR) is 196 cm³/mol. The normalized spacial score (nSPS) is 17.6. The van der Waals surface area contributed by atoms with Gasteiger partial charge in [-0.2, -0.15) is 18.2 Å². The molecule has 6 rings (SSSR count). The van der Waals surface area contributed by atoms with Crippen LogP contribution in [0, 0.1) is 0 Å². The standard InChI is InChI=1S/C38H43ClF3N7O4/c1-21(50)17-43-19-23-16-29(38(40,41)42)35(49-37(23)53-3)47-30-9-5-6-25-26(30)7-4-8-27(25)34-33(39)28(14-15-45-34)31-12-10-22(36(48-31)52-2)18-44-20-24-11-13-32(51)46-24/h4,7-8,10,12,14-16,21,24,30,43-44,50H,5-6,9,11,13,17-20H2,1-3H3,(H,46,51)(H,47,49)/t21-,24-,30+/m1/s1. The van der Waals surface area contributed by atoms with Crippen molar-refractivity contribution in [2.75, 3.05) is 32.6 Å². The van der Waals surface area contributed by atoms with Gasteiger partial charge in [0, 0.05) is 67.1 Å². The highest BCUT2D eigenvalue weighted by Gasteiger charge is 2.37. The molecule has 0 bridgehead atoms. The van der Waals surface area contributed by atoms with Crippen LogP contribution in [0.15, 0.2) is 48.7 Å². The van der Waals surface area contributed by atoms with Crippen LogP contribution in [0.4, 0.5) is 19.0 Å². The minimum atomic E-state index is -4.68. The molecular weight excluding hydrogens is 711 g/mol. The molecule has 4 heterocycles. The largest absolute Gasteiger partial charge is 0.481 e. The Morgan fingerprint density at radius 1 is 1.00 bits per heavy atom. The first-order valence-corrected chi connectivity index (χ1v) is 18.0. The summed E-state index contributed by atoms with van der Waals surface area (Å²) in [6.07, 6.45) is -0.373.